The minimum absolute atomic E-state index is 0.00405. The SMILES string of the molecule is COC(=O)C[N+](=CNC#N)C1c2ccsc2CC1(C)C. The van der Waals surface area contributed by atoms with Crippen LogP contribution in [0.25, 0.3) is 0 Å². The quantitative estimate of drug-likeness (QED) is 0.229. The average Bonchev–Trinajstić information content (AvgIpc) is 2.91. The third-order valence-electron chi connectivity index (χ3n) is 3.60. The molecule has 0 aromatic carbocycles. The van der Waals surface area contributed by atoms with Gasteiger partial charge < -0.3 is 4.74 Å². The molecule has 0 radical (unpaired) electrons. The van der Waals surface area contributed by atoms with Gasteiger partial charge >= 0.3 is 5.97 Å². The molecular weight excluding hydrogens is 274 g/mol. The Balaban J connectivity index is 2.37. The standard InChI is InChI=1S/C14H17N3O2S/c1-14(2)6-11-10(4-5-20-11)13(14)17(9-16-8-15)7-12(18)19-3/h4-5,9,13H,6-7H2,1-3H3/p+1. The fourth-order valence-corrected chi connectivity index (χ4v) is 3.98. The van der Waals surface area contributed by atoms with Gasteiger partial charge in [-0.3, -0.25) is 0 Å². The molecule has 0 amide bonds. The highest BCUT2D eigenvalue weighted by molar-refractivity contribution is 7.10. The third kappa shape index (κ3) is 2.68. The van der Waals surface area contributed by atoms with Crippen molar-refractivity contribution in [2.45, 2.75) is 26.3 Å². The Labute approximate surface area is 122 Å². The molecule has 1 aromatic rings. The molecule has 1 N–H and O–H groups in total. The second-order valence-electron chi connectivity index (χ2n) is 5.50. The van der Waals surface area contributed by atoms with E-state index in [-0.39, 0.29) is 24.0 Å². The van der Waals surface area contributed by atoms with Crippen molar-refractivity contribution in [1.82, 2.24) is 5.32 Å². The molecule has 1 aliphatic rings. The minimum Gasteiger partial charge on any atom is -0.466 e. The predicted molar refractivity (Wildman–Crippen MR) is 76.5 cm³/mol. The van der Waals surface area contributed by atoms with Gasteiger partial charge in [0.25, 0.3) is 6.19 Å². The number of carbonyl (C=O) groups is 1. The second kappa shape index (κ2) is 5.63. The summed E-state index contributed by atoms with van der Waals surface area (Å²) in [5.41, 5.74) is 1.24. The first-order valence-corrected chi connectivity index (χ1v) is 7.24. The van der Waals surface area contributed by atoms with Crippen LogP contribution in [0, 0.1) is 16.9 Å². The van der Waals surface area contributed by atoms with Gasteiger partial charge in [0, 0.05) is 15.9 Å². The van der Waals surface area contributed by atoms with Gasteiger partial charge in [0.15, 0.2) is 6.54 Å². The van der Waals surface area contributed by atoms with Crippen molar-refractivity contribution in [2.75, 3.05) is 13.7 Å². The Kier molecular flexibility index (Phi) is 4.09. The number of carbonyl (C=O) groups excluding carboxylic acids is 1. The molecule has 20 heavy (non-hydrogen) atoms. The number of ether oxygens (including phenoxy) is 1. The number of rotatable bonds is 4. The highest BCUT2D eigenvalue weighted by Crippen LogP contribution is 2.49. The van der Waals surface area contributed by atoms with E-state index in [4.69, 9.17) is 10.00 Å². The minimum atomic E-state index is -0.319. The lowest BCUT2D eigenvalue weighted by atomic mass is 9.85. The zero-order chi connectivity index (χ0) is 14.8. The lowest BCUT2D eigenvalue weighted by molar-refractivity contribution is -0.575. The maximum atomic E-state index is 11.6. The van der Waals surface area contributed by atoms with Crippen LogP contribution in [-0.4, -0.2) is 30.5 Å². The van der Waals surface area contributed by atoms with Gasteiger partial charge in [0.2, 0.25) is 6.34 Å². The molecule has 6 heteroatoms. The Morgan fingerprint density at radius 2 is 2.50 bits per heavy atom. The fraction of sp³-hybridized carbons (Fsp3) is 0.500. The second-order valence-corrected chi connectivity index (χ2v) is 6.50. The van der Waals surface area contributed by atoms with Gasteiger partial charge in [-0.1, -0.05) is 13.8 Å². The van der Waals surface area contributed by atoms with Crippen molar-refractivity contribution >= 4 is 23.6 Å². The molecule has 1 aromatic heterocycles. The Morgan fingerprint density at radius 3 is 3.15 bits per heavy atom. The maximum absolute atomic E-state index is 11.6. The monoisotopic (exact) mass is 292 g/mol. The van der Waals surface area contributed by atoms with E-state index in [0.717, 1.165) is 6.42 Å². The summed E-state index contributed by atoms with van der Waals surface area (Å²) in [6.07, 6.45) is 4.40. The molecule has 0 fully saturated rings. The Morgan fingerprint density at radius 1 is 1.75 bits per heavy atom. The number of hydrogen-bond acceptors (Lipinski definition) is 4. The van der Waals surface area contributed by atoms with Crippen LogP contribution < -0.4 is 5.32 Å². The van der Waals surface area contributed by atoms with Crippen LogP contribution in [-0.2, 0) is 16.0 Å². The molecule has 5 nitrogen and oxygen atoms in total. The smallest absolute Gasteiger partial charge is 0.347 e. The number of fused-ring (bicyclic) bond motifs is 1. The number of nitriles is 1. The lowest BCUT2D eigenvalue weighted by Crippen LogP contribution is -2.35. The summed E-state index contributed by atoms with van der Waals surface area (Å²) in [5, 5.41) is 13.3. The van der Waals surface area contributed by atoms with Crippen molar-refractivity contribution in [3.05, 3.63) is 21.9 Å². The van der Waals surface area contributed by atoms with Crippen LogP contribution in [0.1, 0.15) is 30.3 Å². The highest BCUT2D eigenvalue weighted by Gasteiger charge is 2.44. The first-order valence-electron chi connectivity index (χ1n) is 6.36. The van der Waals surface area contributed by atoms with E-state index in [0.29, 0.717) is 0 Å². The van der Waals surface area contributed by atoms with E-state index in [2.05, 4.69) is 30.6 Å². The molecule has 106 valence electrons. The zero-order valence-corrected chi connectivity index (χ0v) is 12.7. The summed E-state index contributed by atoms with van der Waals surface area (Å²) >= 11 is 1.74. The maximum Gasteiger partial charge on any atom is 0.347 e. The molecule has 1 aliphatic carbocycles. The van der Waals surface area contributed by atoms with Gasteiger partial charge in [-0.2, -0.15) is 5.32 Å². The van der Waals surface area contributed by atoms with Gasteiger partial charge in [-0.05, 0) is 17.9 Å². The molecule has 1 atom stereocenters. The van der Waals surface area contributed by atoms with Crippen molar-refractivity contribution in [2.24, 2.45) is 5.41 Å². The van der Waals surface area contributed by atoms with E-state index < -0.39 is 0 Å². The van der Waals surface area contributed by atoms with Crippen molar-refractivity contribution < 1.29 is 14.1 Å². The van der Waals surface area contributed by atoms with Crippen LogP contribution >= 0.6 is 11.3 Å². The topological polar surface area (TPSA) is 65.1 Å². The van der Waals surface area contributed by atoms with Crippen molar-refractivity contribution in [3.63, 3.8) is 0 Å². The zero-order valence-electron chi connectivity index (χ0n) is 11.8. The molecule has 0 saturated carbocycles. The predicted octanol–water partition coefficient (Wildman–Crippen LogP) is 1.66. The molecule has 2 rings (SSSR count). The summed E-state index contributed by atoms with van der Waals surface area (Å²) in [5.74, 6) is -0.319. The Bertz CT molecular complexity index is 583. The number of nitrogens with one attached hydrogen (secondary N) is 1. The van der Waals surface area contributed by atoms with Gasteiger partial charge in [0.1, 0.15) is 6.04 Å². The van der Waals surface area contributed by atoms with Gasteiger partial charge in [-0.15, -0.1) is 16.6 Å². The first kappa shape index (κ1) is 14.5. The number of nitrogens with zero attached hydrogens (tertiary/aromatic N) is 2. The average molecular weight is 292 g/mol. The van der Waals surface area contributed by atoms with Crippen LogP contribution in [0.2, 0.25) is 0 Å². The number of methoxy groups -OCH3 is 1. The largest absolute Gasteiger partial charge is 0.466 e. The summed E-state index contributed by atoms with van der Waals surface area (Å²) in [6.45, 7) is 4.47. The van der Waals surface area contributed by atoms with Crippen molar-refractivity contribution in [1.29, 1.82) is 5.26 Å². The normalized spacial score (nSPS) is 20.1. The highest BCUT2D eigenvalue weighted by atomic mass is 32.1. The van der Waals surface area contributed by atoms with Crippen LogP contribution in [0.4, 0.5) is 0 Å². The van der Waals surface area contributed by atoms with E-state index >= 15 is 0 Å². The van der Waals surface area contributed by atoms with E-state index in [1.807, 2.05) is 10.8 Å². The van der Waals surface area contributed by atoms with Gasteiger partial charge in [-0.25, -0.2) is 9.37 Å². The van der Waals surface area contributed by atoms with Gasteiger partial charge in [0.05, 0.1) is 7.11 Å². The molecule has 0 saturated heterocycles. The Hall–Kier alpha value is -1.87. The summed E-state index contributed by atoms with van der Waals surface area (Å²) < 4.78 is 6.60. The number of thiophene rings is 1. The van der Waals surface area contributed by atoms with E-state index in [9.17, 15) is 4.79 Å². The van der Waals surface area contributed by atoms with Crippen LogP contribution in [0.5, 0.6) is 0 Å². The molecule has 1 unspecified atom stereocenters. The van der Waals surface area contributed by atoms with E-state index in [1.165, 1.54) is 17.6 Å². The lowest BCUT2D eigenvalue weighted by Gasteiger charge is -2.27. The van der Waals surface area contributed by atoms with Crippen molar-refractivity contribution in [3.8, 4) is 6.19 Å². The summed E-state index contributed by atoms with van der Waals surface area (Å²) in [7, 11) is 1.37. The van der Waals surface area contributed by atoms with Crippen LogP contribution in [0.3, 0.4) is 0 Å². The first-order chi connectivity index (χ1) is 9.49. The number of hydrogen-bond donors (Lipinski definition) is 1. The van der Waals surface area contributed by atoms with Crippen LogP contribution in [0.15, 0.2) is 11.4 Å². The molecule has 1 heterocycles. The fourth-order valence-electron chi connectivity index (χ4n) is 2.83. The van der Waals surface area contributed by atoms with E-state index in [1.54, 1.807) is 17.7 Å². The third-order valence-corrected chi connectivity index (χ3v) is 4.53. The molecule has 0 spiro atoms. The summed E-state index contributed by atoms with van der Waals surface area (Å²) in [4.78, 5) is 13.0. The molecule has 0 aliphatic heterocycles. The number of esters is 1. The molecule has 0 bridgehead atoms. The molecular formula is C14H18N3O2S+. The summed E-state index contributed by atoms with van der Waals surface area (Å²) in [6, 6.07) is 2.16.